The van der Waals surface area contributed by atoms with Crippen molar-refractivity contribution in [3.8, 4) is 0 Å². The number of carbonyl (C=O) groups excluding carboxylic acids is 1. The highest BCUT2D eigenvalue weighted by atomic mass is 19.1. The molecule has 2 saturated heterocycles. The molecule has 25 heavy (non-hydrogen) atoms. The number of carbonyl (C=O) groups is 1. The van der Waals surface area contributed by atoms with E-state index >= 15 is 0 Å². The summed E-state index contributed by atoms with van der Waals surface area (Å²) in [6.07, 6.45) is 6.69. The molecule has 1 amide bonds. The van der Waals surface area contributed by atoms with Gasteiger partial charge in [-0.2, -0.15) is 0 Å². The molecule has 4 bridgehead atoms. The van der Waals surface area contributed by atoms with Crippen LogP contribution >= 0.6 is 0 Å². The second kappa shape index (κ2) is 5.56. The molecule has 2 N–H and O–H groups in total. The molecule has 5 unspecified atom stereocenters. The van der Waals surface area contributed by atoms with E-state index < -0.39 is 0 Å². The van der Waals surface area contributed by atoms with Crippen LogP contribution in [0.3, 0.4) is 0 Å². The van der Waals surface area contributed by atoms with E-state index in [1.54, 1.807) is 6.07 Å². The van der Waals surface area contributed by atoms with E-state index in [0.717, 1.165) is 42.1 Å². The van der Waals surface area contributed by atoms with E-state index in [9.17, 15) is 14.3 Å². The monoisotopic (exact) mass is 342 g/mol. The molecule has 4 fully saturated rings. The summed E-state index contributed by atoms with van der Waals surface area (Å²) in [6.45, 7) is 0. The van der Waals surface area contributed by atoms with Crippen LogP contribution < -0.4 is 0 Å². The fourth-order valence-corrected chi connectivity index (χ4v) is 5.61. The summed E-state index contributed by atoms with van der Waals surface area (Å²) in [7, 11) is 0. The Kier molecular flexibility index (Phi) is 3.42. The second-order valence-electron chi connectivity index (χ2n) is 8.09. The predicted octanol–water partition coefficient (Wildman–Crippen LogP) is 3.00. The van der Waals surface area contributed by atoms with Crippen molar-refractivity contribution >= 4 is 16.8 Å². The Hall–Kier alpha value is -1.88. The van der Waals surface area contributed by atoms with Gasteiger partial charge in [-0.25, -0.2) is 4.39 Å². The molecule has 132 valence electrons. The van der Waals surface area contributed by atoms with Crippen LogP contribution in [-0.2, 0) is 11.2 Å². The van der Waals surface area contributed by atoms with Crippen LogP contribution in [0.25, 0.3) is 10.9 Å². The molecule has 4 aliphatic rings. The smallest absolute Gasteiger partial charge is 0.223 e. The number of amides is 1. The normalized spacial score (nSPS) is 33.4. The first-order valence-corrected chi connectivity index (χ1v) is 9.35. The molecule has 3 heterocycles. The molecule has 5 heteroatoms. The summed E-state index contributed by atoms with van der Waals surface area (Å²) in [4.78, 5) is 18.0. The molecule has 1 aromatic carbocycles. The average Bonchev–Trinajstić information content (AvgIpc) is 2.99. The van der Waals surface area contributed by atoms with Crippen molar-refractivity contribution in [2.75, 3.05) is 0 Å². The molecular weight excluding hydrogens is 319 g/mol. The molecule has 0 spiro atoms. The molecule has 2 aliphatic heterocycles. The van der Waals surface area contributed by atoms with E-state index in [4.69, 9.17) is 0 Å². The van der Waals surface area contributed by atoms with Gasteiger partial charge >= 0.3 is 0 Å². The van der Waals surface area contributed by atoms with Crippen molar-refractivity contribution < 1.29 is 14.3 Å². The standard InChI is InChI=1S/C20H23FN2O2/c21-14-2-3-17-16(9-14)12(10-22-17)1-4-19(24)23-15-6-11-5-13(8-15)20(25)18(23)7-11/h2-3,9-11,13,15,18,20,22,25H,1,4-8H2. The van der Waals surface area contributed by atoms with Gasteiger partial charge in [0.15, 0.2) is 0 Å². The number of halogens is 1. The zero-order chi connectivity index (χ0) is 17.1. The average molecular weight is 342 g/mol. The lowest BCUT2D eigenvalue weighted by Crippen LogP contribution is -2.66. The van der Waals surface area contributed by atoms with Crippen molar-refractivity contribution in [2.45, 2.75) is 56.7 Å². The third-order valence-electron chi connectivity index (χ3n) is 6.64. The second-order valence-corrected chi connectivity index (χ2v) is 8.09. The molecular formula is C20H23FN2O2. The van der Waals surface area contributed by atoms with Gasteiger partial charge < -0.3 is 15.0 Å². The van der Waals surface area contributed by atoms with Crippen LogP contribution in [0.5, 0.6) is 0 Å². The Labute approximate surface area is 146 Å². The number of nitrogens with one attached hydrogen (secondary N) is 1. The van der Waals surface area contributed by atoms with Crippen LogP contribution in [0.4, 0.5) is 4.39 Å². The quantitative estimate of drug-likeness (QED) is 0.901. The number of aryl methyl sites for hydroxylation is 1. The lowest BCUT2D eigenvalue weighted by atomic mass is 9.62. The summed E-state index contributed by atoms with van der Waals surface area (Å²) in [5.74, 6) is 0.965. The Morgan fingerprint density at radius 3 is 3.04 bits per heavy atom. The summed E-state index contributed by atoms with van der Waals surface area (Å²) in [6, 6.07) is 5.03. The van der Waals surface area contributed by atoms with Crippen molar-refractivity contribution in [3.63, 3.8) is 0 Å². The van der Waals surface area contributed by atoms with Crippen LogP contribution in [0.1, 0.15) is 37.7 Å². The number of H-pyrrole nitrogens is 1. The van der Waals surface area contributed by atoms with Crippen molar-refractivity contribution in [2.24, 2.45) is 11.8 Å². The van der Waals surface area contributed by atoms with Gasteiger partial charge in [-0.3, -0.25) is 4.79 Å². The Morgan fingerprint density at radius 1 is 1.28 bits per heavy atom. The van der Waals surface area contributed by atoms with Gasteiger partial charge in [0.05, 0.1) is 12.1 Å². The van der Waals surface area contributed by atoms with Gasteiger partial charge in [0, 0.05) is 29.6 Å². The maximum Gasteiger partial charge on any atom is 0.223 e. The number of rotatable bonds is 3. The van der Waals surface area contributed by atoms with E-state index in [0.29, 0.717) is 30.7 Å². The number of aromatic nitrogens is 1. The number of benzene rings is 1. The van der Waals surface area contributed by atoms with E-state index in [1.807, 2.05) is 11.1 Å². The Morgan fingerprint density at radius 2 is 2.16 bits per heavy atom. The molecule has 2 saturated carbocycles. The zero-order valence-corrected chi connectivity index (χ0v) is 14.1. The van der Waals surface area contributed by atoms with Crippen LogP contribution in [-0.4, -0.2) is 39.1 Å². The van der Waals surface area contributed by atoms with Crippen molar-refractivity contribution in [3.05, 3.63) is 35.8 Å². The first-order valence-electron chi connectivity index (χ1n) is 9.35. The molecule has 5 atom stereocenters. The van der Waals surface area contributed by atoms with Gasteiger partial charge in [0.25, 0.3) is 0 Å². The SMILES string of the molecule is O=C(CCc1c[nH]c2ccc(F)cc12)N1C2CC3CC(C2)C(O)C1C3. The van der Waals surface area contributed by atoms with E-state index in [2.05, 4.69) is 4.98 Å². The first-order chi connectivity index (χ1) is 12.1. The minimum Gasteiger partial charge on any atom is -0.391 e. The summed E-state index contributed by atoms with van der Waals surface area (Å²) in [5.41, 5.74) is 1.88. The minimum atomic E-state index is -0.348. The maximum absolute atomic E-state index is 13.5. The highest BCUT2D eigenvalue weighted by Gasteiger charge is 2.53. The van der Waals surface area contributed by atoms with Crippen LogP contribution in [0, 0.1) is 17.7 Å². The predicted molar refractivity (Wildman–Crippen MR) is 92.5 cm³/mol. The third kappa shape index (κ3) is 2.40. The van der Waals surface area contributed by atoms with Gasteiger partial charge in [-0.15, -0.1) is 0 Å². The van der Waals surface area contributed by atoms with Gasteiger partial charge in [0.1, 0.15) is 5.82 Å². The number of hydrogen-bond donors (Lipinski definition) is 2. The number of hydrogen-bond acceptors (Lipinski definition) is 2. The van der Waals surface area contributed by atoms with Gasteiger partial charge in [-0.05, 0) is 67.7 Å². The molecule has 2 aromatic rings. The lowest BCUT2D eigenvalue weighted by molar-refractivity contribution is -0.168. The number of nitrogens with zero attached hydrogens (tertiary/aromatic N) is 1. The number of aromatic amines is 1. The number of aliphatic hydroxyl groups is 1. The largest absolute Gasteiger partial charge is 0.391 e. The highest BCUT2D eigenvalue weighted by Crippen LogP contribution is 2.49. The summed E-state index contributed by atoms with van der Waals surface area (Å²) in [5, 5.41) is 11.4. The summed E-state index contributed by atoms with van der Waals surface area (Å²) < 4.78 is 13.5. The number of fused-ring (bicyclic) bond motifs is 1. The van der Waals surface area contributed by atoms with Crippen LogP contribution in [0.15, 0.2) is 24.4 Å². The minimum absolute atomic E-state index is 0.0177. The van der Waals surface area contributed by atoms with Gasteiger partial charge in [0.2, 0.25) is 5.91 Å². The van der Waals surface area contributed by atoms with Crippen molar-refractivity contribution in [1.82, 2.24) is 9.88 Å². The number of aliphatic hydroxyl groups excluding tert-OH is 1. The maximum atomic E-state index is 13.5. The van der Waals surface area contributed by atoms with E-state index in [-0.39, 0.29) is 23.9 Å². The molecule has 4 nitrogen and oxygen atoms in total. The topological polar surface area (TPSA) is 56.3 Å². The fourth-order valence-electron chi connectivity index (χ4n) is 5.61. The zero-order valence-electron chi connectivity index (χ0n) is 14.1. The lowest BCUT2D eigenvalue weighted by Gasteiger charge is -2.58. The highest BCUT2D eigenvalue weighted by molar-refractivity contribution is 5.84. The third-order valence-corrected chi connectivity index (χ3v) is 6.64. The molecule has 1 aromatic heterocycles. The van der Waals surface area contributed by atoms with Gasteiger partial charge in [-0.1, -0.05) is 0 Å². The fraction of sp³-hybridized carbons (Fsp3) is 0.550. The molecule has 6 rings (SSSR count). The first kappa shape index (κ1) is 15.4. The molecule has 0 radical (unpaired) electrons. The van der Waals surface area contributed by atoms with E-state index in [1.165, 1.54) is 12.1 Å². The van der Waals surface area contributed by atoms with Crippen molar-refractivity contribution in [1.29, 1.82) is 0 Å². The Balaban J connectivity index is 1.33. The summed E-state index contributed by atoms with van der Waals surface area (Å²) >= 11 is 0. The van der Waals surface area contributed by atoms with Crippen LogP contribution in [0.2, 0.25) is 0 Å². The number of piperidine rings is 2. The molecule has 2 aliphatic carbocycles. The Bertz CT molecular complexity index is 832.